The van der Waals surface area contributed by atoms with E-state index < -0.39 is 0 Å². The van der Waals surface area contributed by atoms with Gasteiger partial charge >= 0.3 is 0 Å². The van der Waals surface area contributed by atoms with Gasteiger partial charge in [-0.15, -0.1) is 11.3 Å². The number of amides is 1. The molecular formula is C14H17N3OS. The van der Waals surface area contributed by atoms with Crippen LogP contribution in [-0.4, -0.2) is 39.1 Å². The molecule has 1 aromatic heterocycles. The molecule has 0 spiro atoms. The number of carbonyl (C=O) groups is 1. The van der Waals surface area contributed by atoms with E-state index >= 15 is 0 Å². The van der Waals surface area contributed by atoms with Gasteiger partial charge in [0, 0.05) is 49.0 Å². The minimum Gasteiger partial charge on any atom is -0.368 e. The number of thiophene rings is 1. The molecule has 3 rings (SSSR count). The van der Waals surface area contributed by atoms with E-state index in [0.717, 1.165) is 31.1 Å². The second-order valence-corrected chi connectivity index (χ2v) is 5.70. The van der Waals surface area contributed by atoms with Crippen molar-refractivity contribution in [1.82, 2.24) is 10.6 Å². The molecule has 2 aromatic rings. The van der Waals surface area contributed by atoms with Crippen LogP contribution in [-0.2, 0) is 0 Å². The van der Waals surface area contributed by atoms with Crippen molar-refractivity contribution >= 4 is 33.0 Å². The van der Waals surface area contributed by atoms with Gasteiger partial charge in [-0.05, 0) is 18.2 Å². The lowest BCUT2D eigenvalue weighted by atomic mass is 10.2. The highest BCUT2D eigenvalue weighted by Gasteiger charge is 2.16. The van der Waals surface area contributed by atoms with Crippen LogP contribution >= 0.6 is 11.3 Å². The maximum atomic E-state index is 11.7. The van der Waals surface area contributed by atoms with E-state index in [1.54, 1.807) is 18.4 Å². The van der Waals surface area contributed by atoms with Crippen LogP contribution in [0.4, 0.5) is 5.69 Å². The van der Waals surface area contributed by atoms with Gasteiger partial charge in [-0.2, -0.15) is 0 Å². The third-order valence-electron chi connectivity index (χ3n) is 3.45. The Hall–Kier alpha value is -1.59. The molecule has 0 unspecified atom stereocenters. The lowest BCUT2D eigenvalue weighted by molar-refractivity contribution is 0.0967. The first-order valence-electron chi connectivity index (χ1n) is 6.50. The number of hydrogen-bond donors (Lipinski definition) is 2. The molecule has 1 amide bonds. The van der Waals surface area contributed by atoms with Crippen molar-refractivity contribution in [2.24, 2.45) is 0 Å². The van der Waals surface area contributed by atoms with Gasteiger partial charge in [0.25, 0.3) is 5.91 Å². The molecule has 1 fully saturated rings. The minimum absolute atomic E-state index is 0.00698. The number of carbonyl (C=O) groups excluding carboxylic acids is 1. The fourth-order valence-corrected chi connectivity index (χ4v) is 3.49. The second kappa shape index (κ2) is 5.19. The highest BCUT2D eigenvalue weighted by Crippen LogP contribution is 2.33. The average Bonchev–Trinajstić information content (AvgIpc) is 2.91. The van der Waals surface area contributed by atoms with Crippen LogP contribution in [0.2, 0.25) is 0 Å². The summed E-state index contributed by atoms with van der Waals surface area (Å²) in [6.45, 7) is 4.07. The zero-order valence-corrected chi connectivity index (χ0v) is 11.7. The first kappa shape index (κ1) is 12.4. The zero-order chi connectivity index (χ0) is 13.2. The van der Waals surface area contributed by atoms with Crippen LogP contribution in [0.3, 0.4) is 0 Å². The van der Waals surface area contributed by atoms with Crippen molar-refractivity contribution in [2.45, 2.75) is 0 Å². The third-order valence-corrected chi connectivity index (χ3v) is 4.55. The van der Waals surface area contributed by atoms with Crippen LogP contribution in [0.15, 0.2) is 24.3 Å². The molecule has 0 atom stereocenters. The summed E-state index contributed by atoms with van der Waals surface area (Å²) >= 11 is 1.55. The summed E-state index contributed by atoms with van der Waals surface area (Å²) in [5.41, 5.74) is 1.24. The molecule has 1 aliphatic heterocycles. The largest absolute Gasteiger partial charge is 0.368 e. The van der Waals surface area contributed by atoms with Gasteiger partial charge in [0.15, 0.2) is 0 Å². The standard InChI is InChI=1S/C14H17N3OS/c1-15-14(18)13-9-10-11(3-2-4-12(10)19-13)17-7-5-16-6-8-17/h2-4,9,16H,5-8H2,1H3,(H,15,18). The van der Waals surface area contributed by atoms with Gasteiger partial charge in [-0.1, -0.05) is 6.07 Å². The van der Waals surface area contributed by atoms with Crippen molar-refractivity contribution in [3.8, 4) is 0 Å². The molecule has 1 saturated heterocycles. The Morgan fingerprint density at radius 2 is 2.16 bits per heavy atom. The number of hydrogen-bond acceptors (Lipinski definition) is 4. The van der Waals surface area contributed by atoms with Crippen molar-refractivity contribution in [3.63, 3.8) is 0 Å². The predicted octanol–water partition coefficient (Wildman–Crippen LogP) is 1.67. The first-order chi connectivity index (χ1) is 9.29. The molecule has 100 valence electrons. The van der Waals surface area contributed by atoms with Crippen molar-refractivity contribution < 1.29 is 4.79 Å². The topological polar surface area (TPSA) is 44.4 Å². The number of nitrogens with one attached hydrogen (secondary N) is 2. The lowest BCUT2D eigenvalue weighted by Gasteiger charge is -2.30. The van der Waals surface area contributed by atoms with Crippen LogP contribution < -0.4 is 15.5 Å². The second-order valence-electron chi connectivity index (χ2n) is 4.62. The number of rotatable bonds is 2. The summed E-state index contributed by atoms with van der Waals surface area (Å²) in [5, 5.41) is 7.24. The zero-order valence-electron chi connectivity index (χ0n) is 10.9. The van der Waals surface area contributed by atoms with Gasteiger partial charge in [0.1, 0.15) is 0 Å². The van der Waals surface area contributed by atoms with Gasteiger partial charge in [0.05, 0.1) is 4.88 Å². The monoisotopic (exact) mass is 275 g/mol. The molecule has 0 bridgehead atoms. The number of anilines is 1. The molecule has 4 nitrogen and oxygen atoms in total. The van der Waals surface area contributed by atoms with Crippen molar-refractivity contribution in [1.29, 1.82) is 0 Å². The van der Waals surface area contributed by atoms with E-state index in [1.807, 2.05) is 6.07 Å². The third kappa shape index (κ3) is 2.31. The van der Waals surface area contributed by atoms with Gasteiger partial charge < -0.3 is 15.5 Å². The van der Waals surface area contributed by atoms with Gasteiger partial charge in [0.2, 0.25) is 0 Å². The van der Waals surface area contributed by atoms with E-state index in [1.165, 1.54) is 15.8 Å². The predicted molar refractivity (Wildman–Crippen MR) is 80.3 cm³/mol. The molecule has 1 aliphatic rings. The van der Waals surface area contributed by atoms with Crippen LogP contribution in [0.25, 0.3) is 10.1 Å². The van der Waals surface area contributed by atoms with E-state index in [2.05, 4.69) is 33.7 Å². The highest BCUT2D eigenvalue weighted by atomic mass is 32.1. The lowest BCUT2D eigenvalue weighted by Crippen LogP contribution is -2.43. The number of benzene rings is 1. The smallest absolute Gasteiger partial charge is 0.261 e. The molecule has 2 heterocycles. The normalized spacial score (nSPS) is 15.7. The first-order valence-corrected chi connectivity index (χ1v) is 7.31. The van der Waals surface area contributed by atoms with Crippen LogP contribution in [0.1, 0.15) is 9.67 Å². The van der Waals surface area contributed by atoms with Gasteiger partial charge in [-0.25, -0.2) is 0 Å². The van der Waals surface area contributed by atoms with E-state index in [0.29, 0.717) is 0 Å². The molecule has 19 heavy (non-hydrogen) atoms. The van der Waals surface area contributed by atoms with Crippen LogP contribution in [0.5, 0.6) is 0 Å². The number of piperazine rings is 1. The van der Waals surface area contributed by atoms with Crippen LogP contribution in [0, 0.1) is 0 Å². The fraction of sp³-hybridized carbons (Fsp3) is 0.357. The van der Waals surface area contributed by atoms with E-state index in [-0.39, 0.29) is 5.91 Å². The Kier molecular flexibility index (Phi) is 3.40. The SMILES string of the molecule is CNC(=O)c1cc2c(N3CCNCC3)cccc2s1. The minimum atomic E-state index is -0.00698. The number of fused-ring (bicyclic) bond motifs is 1. The molecule has 0 aliphatic carbocycles. The Labute approximate surface area is 116 Å². The van der Waals surface area contributed by atoms with Gasteiger partial charge in [-0.3, -0.25) is 4.79 Å². The maximum absolute atomic E-state index is 11.7. The van der Waals surface area contributed by atoms with Crippen molar-refractivity contribution in [3.05, 3.63) is 29.1 Å². The van der Waals surface area contributed by atoms with E-state index in [9.17, 15) is 4.79 Å². The Morgan fingerprint density at radius 1 is 1.37 bits per heavy atom. The summed E-state index contributed by atoms with van der Waals surface area (Å²) in [4.78, 5) is 14.9. The molecule has 0 radical (unpaired) electrons. The highest BCUT2D eigenvalue weighted by molar-refractivity contribution is 7.20. The Balaban J connectivity index is 2.04. The Morgan fingerprint density at radius 3 is 2.89 bits per heavy atom. The molecule has 0 saturated carbocycles. The fourth-order valence-electron chi connectivity index (χ4n) is 2.46. The van der Waals surface area contributed by atoms with Crippen molar-refractivity contribution in [2.75, 3.05) is 38.1 Å². The molecule has 2 N–H and O–H groups in total. The summed E-state index contributed by atoms with van der Waals surface area (Å²) in [5.74, 6) is -0.00698. The summed E-state index contributed by atoms with van der Waals surface area (Å²) in [6, 6.07) is 8.31. The molecular weight excluding hydrogens is 258 g/mol. The maximum Gasteiger partial charge on any atom is 0.261 e. The van der Waals surface area contributed by atoms with E-state index in [4.69, 9.17) is 0 Å². The Bertz CT molecular complexity index is 602. The molecule has 1 aromatic carbocycles. The molecule has 5 heteroatoms. The summed E-state index contributed by atoms with van der Waals surface area (Å²) < 4.78 is 1.18. The summed E-state index contributed by atoms with van der Waals surface area (Å²) in [6.07, 6.45) is 0. The quantitative estimate of drug-likeness (QED) is 0.876. The number of nitrogens with zero attached hydrogens (tertiary/aromatic N) is 1. The average molecular weight is 275 g/mol. The summed E-state index contributed by atoms with van der Waals surface area (Å²) in [7, 11) is 1.67.